The summed E-state index contributed by atoms with van der Waals surface area (Å²) >= 11 is 7.24. The van der Waals surface area contributed by atoms with Crippen LogP contribution < -0.4 is 10.5 Å². The lowest BCUT2D eigenvalue weighted by Crippen LogP contribution is -2.29. The van der Waals surface area contributed by atoms with Crippen LogP contribution in [0.3, 0.4) is 0 Å². The van der Waals surface area contributed by atoms with Gasteiger partial charge in [-0.25, -0.2) is 17.5 Å². The van der Waals surface area contributed by atoms with Gasteiger partial charge in [0.2, 0.25) is 10.0 Å². The monoisotopic (exact) mass is 312 g/mol. The third-order valence-corrected chi connectivity index (χ3v) is 5.16. The summed E-state index contributed by atoms with van der Waals surface area (Å²) in [5.41, 5.74) is 5.09. The first-order valence-electron chi connectivity index (χ1n) is 5.05. The Hall–Kier alpha value is -0.500. The number of nitrogens with one attached hydrogen (secondary N) is 1. The molecular weight excluding hydrogens is 299 g/mol. The quantitative estimate of drug-likeness (QED) is 0.817. The Kier molecular flexibility index (Phi) is 5.27. The van der Waals surface area contributed by atoms with Crippen LogP contribution in [0.4, 0.5) is 10.1 Å². The Morgan fingerprint density at radius 2 is 2.17 bits per heavy atom. The van der Waals surface area contributed by atoms with Crippen LogP contribution in [0.15, 0.2) is 17.0 Å². The zero-order chi connectivity index (χ0) is 13.9. The van der Waals surface area contributed by atoms with Crippen molar-refractivity contribution in [1.82, 2.24) is 4.72 Å². The topological polar surface area (TPSA) is 72.2 Å². The minimum atomic E-state index is -3.78. The van der Waals surface area contributed by atoms with Gasteiger partial charge in [0.05, 0.1) is 10.7 Å². The average molecular weight is 313 g/mol. The van der Waals surface area contributed by atoms with Crippen molar-refractivity contribution in [3.8, 4) is 0 Å². The van der Waals surface area contributed by atoms with Gasteiger partial charge in [0, 0.05) is 11.8 Å². The molecule has 0 aliphatic carbocycles. The summed E-state index contributed by atoms with van der Waals surface area (Å²) in [5, 5.41) is -0.0673. The Balaban J connectivity index is 3.02. The van der Waals surface area contributed by atoms with E-state index in [1.54, 1.807) is 0 Å². The molecule has 0 saturated heterocycles. The number of sulfonamides is 1. The van der Waals surface area contributed by atoms with E-state index in [2.05, 4.69) is 4.72 Å². The molecule has 0 fully saturated rings. The van der Waals surface area contributed by atoms with Crippen molar-refractivity contribution < 1.29 is 12.8 Å². The number of halogens is 2. The van der Waals surface area contributed by atoms with E-state index < -0.39 is 15.8 Å². The van der Waals surface area contributed by atoms with Crippen LogP contribution in [-0.4, -0.2) is 26.5 Å². The maximum absolute atomic E-state index is 13.1. The third-order valence-electron chi connectivity index (χ3n) is 2.30. The van der Waals surface area contributed by atoms with Gasteiger partial charge in [0.25, 0.3) is 0 Å². The first-order valence-corrected chi connectivity index (χ1v) is 8.20. The number of benzene rings is 1. The Bertz CT molecular complexity index is 537. The maximum atomic E-state index is 13.1. The van der Waals surface area contributed by atoms with Gasteiger partial charge in [0.1, 0.15) is 10.7 Å². The fourth-order valence-corrected chi connectivity index (χ4v) is 3.17. The predicted molar refractivity (Wildman–Crippen MR) is 74.0 cm³/mol. The minimum Gasteiger partial charge on any atom is -0.396 e. The van der Waals surface area contributed by atoms with Gasteiger partial charge < -0.3 is 5.73 Å². The van der Waals surface area contributed by atoms with Crippen molar-refractivity contribution in [2.24, 2.45) is 0 Å². The average Bonchev–Trinajstić information content (AvgIpc) is 2.30. The Morgan fingerprint density at radius 1 is 1.56 bits per heavy atom. The lowest BCUT2D eigenvalue weighted by atomic mass is 10.3. The number of thioether (sulfide) groups is 1. The molecule has 1 atom stereocenters. The lowest BCUT2D eigenvalue weighted by Gasteiger charge is -2.12. The zero-order valence-corrected chi connectivity index (χ0v) is 12.3. The summed E-state index contributed by atoms with van der Waals surface area (Å²) in [6.45, 7) is 2.14. The van der Waals surface area contributed by atoms with E-state index in [0.29, 0.717) is 0 Å². The van der Waals surface area contributed by atoms with Gasteiger partial charge in [-0.3, -0.25) is 0 Å². The van der Waals surface area contributed by atoms with Crippen LogP contribution in [0.5, 0.6) is 0 Å². The van der Waals surface area contributed by atoms with E-state index in [1.807, 2.05) is 13.2 Å². The van der Waals surface area contributed by atoms with Gasteiger partial charge >= 0.3 is 0 Å². The third kappa shape index (κ3) is 3.74. The van der Waals surface area contributed by atoms with Crippen LogP contribution in [0.25, 0.3) is 0 Å². The molecule has 0 spiro atoms. The standard InChI is InChI=1S/C10H14ClFN2O2S2/c1-6(17-2)5-14-18(15,16)10-4-9(13)8(12)3-7(10)11/h3-4,6,14H,5,13H2,1-2H3. The second-order valence-corrected chi connectivity index (χ2v) is 7.12. The molecule has 1 aromatic carbocycles. The van der Waals surface area contributed by atoms with Crippen molar-refractivity contribution in [1.29, 1.82) is 0 Å². The highest BCUT2D eigenvalue weighted by Crippen LogP contribution is 2.26. The van der Waals surface area contributed by atoms with Crippen molar-refractivity contribution >= 4 is 39.1 Å². The molecule has 0 saturated carbocycles. The van der Waals surface area contributed by atoms with Gasteiger partial charge in [-0.15, -0.1) is 0 Å². The van der Waals surface area contributed by atoms with E-state index >= 15 is 0 Å². The molecule has 1 unspecified atom stereocenters. The minimum absolute atomic E-state index is 0.122. The fourth-order valence-electron chi connectivity index (χ4n) is 1.14. The summed E-state index contributed by atoms with van der Waals surface area (Å²) in [6, 6.07) is 1.91. The van der Waals surface area contributed by atoms with Crippen molar-refractivity contribution in [2.45, 2.75) is 17.1 Å². The van der Waals surface area contributed by atoms with E-state index in [1.165, 1.54) is 11.8 Å². The highest BCUT2D eigenvalue weighted by atomic mass is 35.5. The Labute approximate surface area is 115 Å². The molecule has 0 radical (unpaired) electrons. The van der Waals surface area contributed by atoms with E-state index in [4.69, 9.17) is 17.3 Å². The molecule has 3 N–H and O–H groups in total. The van der Waals surface area contributed by atoms with E-state index in [-0.39, 0.29) is 27.4 Å². The molecule has 0 heterocycles. The molecule has 0 aliphatic rings. The number of nitrogens with two attached hydrogens (primary N) is 1. The predicted octanol–water partition coefficient (Wildman–Crippen LogP) is 2.09. The van der Waals surface area contributed by atoms with Crippen molar-refractivity contribution in [3.05, 3.63) is 23.0 Å². The maximum Gasteiger partial charge on any atom is 0.242 e. The second kappa shape index (κ2) is 6.10. The smallest absolute Gasteiger partial charge is 0.242 e. The molecule has 1 aromatic rings. The summed E-state index contributed by atoms with van der Waals surface area (Å²) in [7, 11) is -3.78. The van der Waals surface area contributed by atoms with Gasteiger partial charge in [-0.1, -0.05) is 18.5 Å². The molecule has 1 rings (SSSR count). The number of rotatable bonds is 5. The van der Waals surface area contributed by atoms with Crippen LogP contribution in [0.1, 0.15) is 6.92 Å². The molecule has 0 aromatic heterocycles. The SMILES string of the molecule is CSC(C)CNS(=O)(=O)c1cc(N)c(F)cc1Cl. The van der Waals surface area contributed by atoms with Crippen LogP contribution in [0.2, 0.25) is 5.02 Å². The molecule has 4 nitrogen and oxygen atoms in total. The van der Waals surface area contributed by atoms with E-state index in [9.17, 15) is 12.8 Å². The summed E-state index contributed by atoms with van der Waals surface area (Å²) < 4.78 is 39.4. The summed E-state index contributed by atoms with van der Waals surface area (Å²) in [5.74, 6) is -0.739. The fraction of sp³-hybridized carbons (Fsp3) is 0.400. The van der Waals surface area contributed by atoms with Gasteiger partial charge in [0.15, 0.2) is 0 Å². The number of anilines is 1. The summed E-state index contributed by atoms with van der Waals surface area (Å²) in [4.78, 5) is -0.212. The summed E-state index contributed by atoms with van der Waals surface area (Å²) in [6.07, 6.45) is 1.88. The van der Waals surface area contributed by atoms with Crippen molar-refractivity contribution in [2.75, 3.05) is 18.5 Å². The normalized spacial score (nSPS) is 13.6. The Morgan fingerprint density at radius 3 is 2.72 bits per heavy atom. The van der Waals surface area contributed by atoms with Crippen LogP contribution in [-0.2, 0) is 10.0 Å². The molecular formula is C10H14ClFN2O2S2. The second-order valence-electron chi connectivity index (χ2n) is 3.70. The van der Waals surface area contributed by atoms with Gasteiger partial charge in [-0.2, -0.15) is 11.8 Å². The molecule has 0 aliphatic heterocycles. The van der Waals surface area contributed by atoms with Crippen LogP contribution in [0, 0.1) is 5.82 Å². The number of hydrogen-bond donors (Lipinski definition) is 2. The highest BCUT2D eigenvalue weighted by Gasteiger charge is 2.20. The van der Waals surface area contributed by atoms with Gasteiger partial charge in [-0.05, 0) is 18.4 Å². The zero-order valence-electron chi connectivity index (χ0n) is 9.91. The highest BCUT2D eigenvalue weighted by molar-refractivity contribution is 7.99. The first-order chi connectivity index (χ1) is 8.27. The molecule has 0 amide bonds. The molecule has 8 heteroatoms. The number of hydrogen-bond acceptors (Lipinski definition) is 4. The molecule has 102 valence electrons. The van der Waals surface area contributed by atoms with E-state index in [0.717, 1.165) is 12.1 Å². The number of nitrogen functional groups attached to an aromatic ring is 1. The van der Waals surface area contributed by atoms with Crippen LogP contribution >= 0.6 is 23.4 Å². The lowest BCUT2D eigenvalue weighted by molar-refractivity contribution is 0.581. The largest absolute Gasteiger partial charge is 0.396 e. The molecule has 18 heavy (non-hydrogen) atoms. The molecule has 0 bridgehead atoms. The first kappa shape index (κ1) is 15.6. The van der Waals surface area contributed by atoms with Crippen molar-refractivity contribution in [3.63, 3.8) is 0 Å².